The summed E-state index contributed by atoms with van der Waals surface area (Å²) >= 11 is 1.84. The molecule has 0 saturated heterocycles. The molecule has 236 valence electrons. The summed E-state index contributed by atoms with van der Waals surface area (Å²) in [5, 5.41) is 3.63. The second-order valence-corrected chi connectivity index (χ2v) is 14.9. The molecular formula is C47H32N2S. The van der Waals surface area contributed by atoms with Crippen LogP contribution in [0.5, 0.6) is 0 Å². The van der Waals surface area contributed by atoms with Gasteiger partial charge in [0.15, 0.2) is 5.82 Å². The summed E-state index contributed by atoms with van der Waals surface area (Å²) in [6.45, 7) is 4.66. The molecule has 0 saturated carbocycles. The number of aromatic nitrogens is 2. The highest BCUT2D eigenvalue weighted by Gasteiger charge is 2.37. The third-order valence-corrected chi connectivity index (χ3v) is 11.6. The fraction of sp³-hybridized carbons (Fsp3) is 0.0638. The van der Waals surface area contributed by atoms with Gasteiger partial charge in [0.1, 0.15) is 0 Å². The van der Waals surface area contributed by atoms with Crippen molar-refractivity contribution < 1.29 is 0 Å². The monoisotopic (exact) mass is 656 g/mol. The van der Waals surface area contributed by atoms with Crippen molar-refractivity contribution in [2.45, 2.75) is 19.3 Å². The van der Waals surface area contributed by atoms with Gasteiger partial charge >= 0.3 is 0 Å². The van der Waals surface area contributed by atoms with Crippen molar-refractivity contribution in [3.63, 3.8) is 0 Å². The number of hydrogen-bond donors (Lipinski definition) is 0. The lowest BCUT2D eigenvalue weighted by Crippen LogP contribution is -2.14. The van der Waals surface area contributed by atoms with Crippen molar-refractivity contribution >= 4 is 42.4 Å². The fourth-order valence-electron chi connectivity index (χ4n) is 7.95. The van der Waals surface area contributed by atoms with Crippen LogP contribution in [0, 0.1) is 0 Å². The van der Waals surface area contributed by atoms with Gasteiger partial charge in [0.05, 0.1) is 11.2 Å². The van der Waals surface area contributed by atoms with E-state index < -0.39 is 0 Å². The van der Waals surface area contributed by atoms with Crippen molar-refractivity contribution in [2.24, 2.45) is 0 Å². The van der Waals surface area contributed by atoms with E-state index in [2.05, 4.69) is 172 Å². The first-order chi connectivity index (χ1) is 24.5. The average molecular weight is 657 g/mol. The lowest BCUT2D eigenvalue weighted by molar-refractivity contribution is 0.661. The fourth-order valence-corrected chi connectivity index (χ4v) is 9.04. The molecule has 1 aliphatic carbocycles. The number of nitrogens with zero attached hydrogens (tertiary/aromatic N) is 2. The van der Waals surface area contributed by atoms with Crippen LogP contribution in [0.2, 0.25) is 0 Å². The molecule has 2 aromatic heterocycles. The molecule has 0 spiro atoms. The Bertz CT molecular complexity index is 2790. The van der Waals surface area contributed by atoms with E-state index in [1.807, 2.05) is 11.3 Å². The van der Waals surface area contributed by atoms with Crippen LogP contribution in [0.3, 0.4) is 0 Å². The average Bonchev–Trinajstić information content (AvgIpc) is 3.66. The first-order valence-corrected chi connectivity index (χ1v) is 18.0. The van der Waals surface area contributed by atoms with Crippen LogP contribution in [-0.4, -0.2) is 9.97 Å². The molecule has 9 aromatic rings. The van der Waals surface area contributed by atoms with Crippen LogP contribution in [0.4, 0.5) is 0 Å². The van der Waals surface area contributed by atoms with Gasteiger partial charge in [-0.25, -0.2) is 9.97 Å². The molecule has 1 aliphatic rings. The van der Waals surface area contributed by atoms with E-state index in [0.29, 0.717) is 0 Å². The van der Waals surface area contributed by atoms with Gasteiger partial charge < -0.3 is 0 Å². The smallest absolute Gasteiger partial charge is 0.160 e. The van der Waals surface area contributed by atoms with E-state index >= 15 is 0 Å². The van der Waals surface area contributed by atoms with Crippen molar-refractivity contribution in [1.29, 1.82) is 0 Å². The van der Waals surface area contributed by atoms with Gasteiger partial charge in [-0.1, -0.05) is 141 Å². The number of rotatable bonds is 4. The summed E-state index contributed by atoms with van der Waals surface area (Å²) in [5.41, 5.74) is 13.8. The molecule has 7 aromatic carbocycles. The highest BCUT2D eigenvalue weighted by molar-refractivity contribution is 7.25. The van der Waals surface area contributed by atoms with E-state index in [9.17, 15) is 0 Å². The zero-order valence-corrected chi connectivity index (χ0v) is 28.6. The van der Waals surface area contributed by atoms with E-state index in [1.165, 1.54) is 59.1 Å². The van der Waals surface area contributed by atoms with E-state index in [-0.39, 0.29) is 5.41 Å². The number of fused-ring (bicyclic) bond motifs is 8. The maximum atomic E-state index is 5.46. The molecule has 0 fully saturated rings. The molecule has 0 amide bonds. The Labute approximate surface area is 295 Å². The highest BCUT2D eigenvalue weighted by Crippen LogP contribution is 2.52. The van der Waals surface area contributed by atoms with Crippen molar-refractivity contribution in [1.82, 2.24) is 9.97 Å². The maximum absolute atomic E-state index is 5.46. The van der Waals surface area contributed by atoms with Gasteiger partial charge in [-0.2, -0.15) is 0 Å². The van der Waals surface area contributed by atoms with Crippen molar-refractivity contribution in [3.8, 4) is 56.0 Å². The molecule has 0 aliphatic heterocycles. The molecule has 0 unspecified atom stereocenters. The van der Waals surface area contributed by atoms with Crippen LogP contribution >= 0.6 is 11.3 Å². The van der Waals surface area contributed by atoms with Crippen molar-refractivity contribution in [2.75, 3.05) is 0 Å². The molecule has 0 atom stereocenters. The van der Waals surface area contributed by atoms with E-state index in [1.54, 1.807) is 0 Å². The number of hydrogen-bond acceptors (Lipinski definition) is 3. The SMILES string of the molecule is CC1(C)c2ccccc2-c2c1ccc1c(-c3ccc4sc5ccccc5c4c3)nc(-c3cccc(-c4cccc(-c5ccccc5)c4)c3)nc21. The predicted octanol–water partition coefficient (Wildman–Crippen LogP) is 13.0. The summed E-state index contributed by atoms with van der Waals surface area (Å²) in [5.74, 6) is 0.736. The van der Waals surface area contributed by atoms with Gasteiger partial charge in [-0.05, 0) is 69.3 Å². The Kier molecular flexibility index (Phi) is 6.43. The van der Waals surface area contributed by atoms with Gasteiger partial charge in [0, 0.05) is 47.7 Å². The Morgan fingerprint density at radius 2 is 1.10 bits per heavy atom. The summed E-state index contributed by atoms with van der Waals surface area (Å²) < 4.78 is 2.59. The van der Waals surface area contributed by atoms with Gasteiger partial charge in [-0.3, -0.25) is 0 Å². The highest BCUT2D eigenvalue weighted by atomic mass is 32.1. The predicted molar refractivity (Wildman–Crippen MR) is 212 cm³/mol. The third kappa shape index (κ3) is 4.47. The van der Waals surface area contributed by atoms with Gasteiger partial charge in [0.2, 0.25) is 0 Å². The maximum Gasteiger partial charge on any atom is 0.160 e. The molecule has 0 bridgehead atoms. The van der Waals surface area contributed by atoms with Crippen molar-refractivity contribution in [3.05, 3.63) is 169 Å². The summed E-state index contributed by atoms with van der Waals surface area (Å²) in [6.07, 6.45) is 0. The minimum atomic E-state index is -0.121. The Morgan fingerprint density at radius 1 is 0.440 bits per heavy atom. The van der Waals surface area contributed by atoms with E-state index in [0.717, 1.165) is 39.1 Å². The van der Waals surface area contributed by atoms with Crippen LogP contribution in [-0.2, 0) is 5.41 Å². The zero-order chi connectivity index (χ0) is 33.4. The number of thiophene rings is 1. The minimum absolute atomic E-state index is 0.121. The molecule has 0 radical (unpaired) electrons. The lowest BCUT2D eigenvalue weighted by atomic mass is 9.82. The summed E-state index contributed by atoms with van der Waals surface area (Å²) in [4.78, 5) is 10.9. The zero-order valence-electron chi connectivity index (χ0n) is 27.8. The Morgan fingerprint density at radius 3 is 1.94 bits per heavy atom. The van der Waals surface area contributed by atoms with Crippen LogP contribution in [0.25, 0.3) is 87.1 Å². The molecule has 0 N–H and O–H groups in total. The molecule has 3 heteroatoms. The first kappa shape index (κ1) is 29.1. The van der Waals surface area contributed by atoms with Crippen LogP contribution in [0.1, 0.15) is 25.0 Å². The molecule has 2 heterocycles. The topological polar surface area (TPSA) is 25.8 Å². The Balaban J connectivity index is 1.21. The third-order valence-electron chi connectivity index (χ3n) is 10.5. The molecule has 50 heavy (non-hydrogen) atoms. The number of benzene rings is 7. The quantitative estimate of drug-likeness (QED) is 0.188. The normalized spacial score (nSPS) is 13.2. The first-order valence-electron chi connectivity index (χ1n) is 17.2. The summed E-state index contributed by atoms with van der Waals surface area (Å²) in [7, 11) is 0. The molecular weight excluding hydrogens is 625 g/mol. The van der Waals surface area contributed by atoms with Crippen LogP contribution < -0.4 is 0 Å². The molecule has 10 rings (SSSR count). The van der Waals surface area contributed by atoms with E-state index in [4.69, 9.17) is 9.97 Å². The van der Waals surface area contributed by atoms with Crippen LogP contribution in [0.15, 0.2) is 158 Å². The lowest BCUT2D eigenvalue weighted by Gasteiger charge is -2.21. The summed E-state index contributed by atoms with van der Waals surface area (Å²) in [6, 6.07) is 56.9. The second kappa shape index (κ2) is 11.1. The minimum Gasteiger partial charge on any atom is -0.227 e. The second-order valence-electron chi connectivity index (χ2n) is 13.8. The van der Waals surface area contributed by atoms with Gasteiger partial charge in [0.25, 0.3) is 0 Å². The Hall–Kier alpha value is -5.90. The largest absolute Gasteiger partial charge is 0.227 e. The molecule has 2 nitrogen and oxygen atoms in total. The van der Waals surface area contributed by atoms with Gasteiger partial charge in [-0.15, -0.1) is 11.3 Å². The standard InChI is InChI=1S/C47H32N2S/c1-47(2)39-20-8-6-19-36(39)43-40(47)24-23-37-44(33-22-25-42-38(28-33)35-18-7-9-21-41(35)50-42)48-46(49-45(37)43)34-17-11-16-32(27-34)31-15-10-14-30(26-31)29-12-4-3-5-13-29/h3-28H,1-2H3.